The van der Waals surface area contributed by atoms with Crippen LogP contribution in [0.5, 0.6) is 0 Å². The van der Waals surface area contributed by atoms with Crippen molar-refractivity contribution in [3.63, 3.8) is 0 Å². The topological polar surface area (TPSA) is 325 Å². The van der Waals surface area contributed by atoms with Crippen molar-refractivity contribution >= 4 is 80.6 Å². The lowest BCUT2D eigenvalue weighted by Gasteiger charge is -2.32. The number of hydrogen-bond donors (Lipinski definition) is 10. The minimum Gasteiger partial charge on any atom is -0.354 e. The third kappa shape index (κ3) is 21.0. The van der Waals surface area contributed by atoms with Crippen molar-refractivity contribution in [2.75, 3.05) is 39.3 Å². The molecule has 0 radical (unpaired) electrons. The molecule has 0 spiro atoms. The smallest absolute Gasteiger partial charge is 0.246 e. The van der Waals surface area contributed by atoms with Gasteiger partial charge in [0.2, 0.25) is 59.1 Å². The number of nitrogens with zero attached hydrogens (tertiary/aromatic N) is 2. The maximum atomic E-state index is 15.2. The lowest BCUT2D eigenvalue weighted by Crippen LogP contribution is -2.57. The van der Waals surface area contributed by atoms with Gasteiger partial charge in [0.15, 0.2) is 0 Å². The van der Waals surface area contributed by atoms with E-state index in [1.54, 1.807) is 0 Å². The predicted molar refractivity (Wildman–Crippen MR) is 364 cm³/mol. The first kappa shape index (κ1) is 73.4. The van der Waals surface area contributed by atoms with Gasteiger partial charge in [0.1, 0.15) is 36.3 Å². The van der Waals surface area contributed by atoms with E-state index in [2.05, 4.69) is 42.5 Å². The first-order valence-electron chi connectivity index (χ1n) is 34.2. The Kier molecular flexibility index (Phi) is 27.7. The highest BCUT2D eigenvalue weighted by molar-refractivity contribution is 5.96. The van der Waals surface area contributed by atoms with E-state index in [0.717, 1.165) is 32.7 Å². The minimum atomic E-state index is -1.15. The number of fused-ring (bicyclic) bond motifs is 4. The molecule has 0 aromatic heterocycles. The molecule has 94 heavy (non-hydrogen) atoms. The van der Waals surface area contributed by atoms with Crippen LogP contribution in [-0.2, 0) is 60.8 Å². The van der Waals surface area contributed by atoms with Crippen LogP contribution in [0, 0.1) is 35.5 Å². The van der Waals surface area contributed by atoms with Gasteiger partial charge in [-0.05, 0) is 134 Å². The standard InChI is InChI=1S/C72H104N12O10/c1-43(2)33-53-39-63(85)79-57(21-13-29-73)67(89)75-41-55(45(5)6)66(88)82-60(38-48-26-28-50-18-10-12-20-52(50)36-48)72(94)84-32-16-24-62(84)70(92)78-54(34-44(3)4)40-64(86)80-58(22-14-30-74)68(90)76-42-56(46(7)8)65(87)81-59(71(93)83-31-15-23-61(83)69(91)77-53)37-47-25-27-49-17-9-11-19-51(49)35-47/h9-12,17-20,25-28,35-36,43-46,53-62H,13-16,21-24,29-34,37-42,73-74H2,1-8H3,(H,75,89)(H,76,90)(H,77,91)(H,78,92)(H,79,85)(H,80,86)(H,81,87)(H,82,88)/t53-,54-,55-,56-,57+,58+,59+,60+,61-,62-/m0/s1. The number of carbonyl (C=O) groups excluding carboxylic acids is 10. The van der Waals surface area contributed by atoms with E-state index < -0.39 is 119 Å². The maximum absolute atomic E-state index is 15.2. The summed E-state index contributed by atoms with van der Waals surface area (Å²) in [6.45, 7) is 15.8. The zero-order chi connectivity index (χ0) is 68.2. The molecule has 3 heterocycles. The number of benzene rings is 4. The largest absolute Gasteiger partial charge is 0.354 e. The summed E-state index contributed by atoms with van der Waals surface area (Å²) in [6.07, 6.45) is 3.23. The van der Waals surface area contributed by atoms with Gasteiger partial charge in [0, 0.05) is 63.9 Å². The lowest BCUT2D eigenvalue weighted by atomic mass is 9.93. The molecule has 4 aromatic carbocycles. The second-order valence-corrected chi connectivity index (χ2v) is 27.6. The van der Waals surface area contributed by atoms with Gasteiger partial charge >= 0.3 is 0 Å². The molecule has 3 aliphatic heterocycles. The number of nitrogens with two attached hydrogens (primary N) is 2. The Morgan fingerprint density at radius 3 is 1.16 bits per heavy atom. The Labute approximate surface area is 554 Å². The molecule has 7 rings (SSSR count). The summed E-state index contributed by atoms with van der Waals surface area (Å²) in [7, 11) is 0. The van der Waals surface area contributed by atoms with E-state index in [-0.39, 0.29) is 101 Å². The molecule has 512 valence electrons. The molecule has 3 aliphatic rings. The van der Waals surface area contributed by atoms with E-state index in [1.165, 1.54) is 9.80 Å². The van der Waals surface area contributed by atoms with Crippen LogP contribution in [-0.4, -0.2) is 156 Å². The van der Waals surface area contributed by atoms with Crippen molar-refractivity contribution in [1.82, 2.24) is 52.3 Å². The van der Waals surface area contributed by atoms with E-state index >= 15 is 9.59 Å². The molecular formula is C72H104N12O10. The summed E-state index contributed by atoms with van der Waals surface area (Å²) >= 11 is 0. The average molecular weight is 1300 g/mol. The van der Waals surface area contributed by atoms with Crippen LogP contribution in [0.25, 0.3) is 21.5 Å². The summed E-state index contributed by atoms with van der Waals surface area (Å²) in [5, 5.41) is 27.7. The molecular weight excluding hydrogens is 1190 g/mol. The number of carbonyl (C=O) groups is 10. The van der Waals surface area contributed by atoms with Gasteiger partial charge in [-0.1, -0.05) is 140 Å². The molecule has 12 N–H and O–H groups in total. The van der Waals surface area contributed by atoms with Gasteiger partial charge in [0.05, 0.1) is 11.8 Å². The van der Waals surface area contributed by atoms with Crippen molar-refractivity contribution in [2.24, 2.45) is 47.0 Å². The molecule has 10 amide bonds. The zero-order valence-corrected chi connectivity index (χ0v) is 56.4. The Morgan fingerprint density at radius 2 is 0.809 bits per heavy atom. The van der Waals surface area contributed by atoms with E-state index in [0.29, 0.717) is 51.4 Å². The predicted octanol–water partition coefficient (Wildman–Crippen LogP) is 4.81. The summed E-state index contributed by atoms with van der Waals surface area (Å²) < 4.78 is 0. The summed E-state index contributed by atoms with van der Waals surface area (Å²) in [6, 6.07) is 19.5. The molecule has 0 unspecified atom stereocenters. The van der Waals surface area contributed by atoms with Crippen molar-refractivity contribution < 1.29 is 47.9 Å². The quantitative estimate of drug-likeness (QED) is 0.0723. The monoisotopic (exact) mass is 1300 g/mol. The SMILES string of the molecule is CC(C)C[C@H]1CC(=O)N[C@H](CCCN)C(=O)NC[C@@H](C(C)C)C(=O)N[C@H](Cc2ccc3ccccc3c2)C(=O)N2CCC[C@H]2C(=O)N[C@@H](CC(C)C)CC(=O)N[C@H](CCCN)C(=O)NC[C@@H](C(C)C)C(=O)N[C@H](Cc2ccc3ccccc3c2)C(=O)N2CCC[C@H]2C(=O)N1. The van der Waals surface area contributed by atoms with Crippen molar-refractivity contribution in [2.45, 2.75) is 194 Å². The second kappa shape index (κ2) is 35.5. The van der Waals surface area contributed by atoms with Gasteiger partial charge in [0.25, 0.3) is 0 Å². The Morgan fingerprint density at radius 1 is 0.436 bits per heavy atom. The molecule has 0 saturated carbocycles. The highest BCUT2D eigenvalue weighted by Crippen LogP contribution is 2.26. The summed E-state index contributed by atoms with van der Waals surface area (Å²) in [5.41, 5.74) is 13.4. The average Bonchev–Trinajstić information content (AvgIpc) is 1.51. The van der Waals surface area contributed by atoms with Crippen LogP contribution in [0.4, 0.5) is 0 Å². The zero-order valence-electron chi connectivity index (χ0n) is 56.4. The first-order chi connectivity index (χ1) is 44.9. The van der Waals surface area contributed by atoms with Crippen LogP contribution >= 0.6 is 0 Å². The fourth-order valence-electron chi connectivity index (χ4n) is 13.4. The van der Waals surface area contributed by atoms with Gasteiger partial charge in [-0.2, -0.15) is 0 Å². The Hall–Kier alpha value is -7.98. The molecule has 4 aromatic rings. The van der Waals surface area contributed by atoms with Crippen molar-refractivity contribution in [3.8, 4) is 0 Å². The van der Waals surface area contributed by atoms with Crippen LogP contribution in [0.3, 0.4) is 0 Å². The molecule has 22 nitrogen and oxygen atoms in total. The van der Waals surface area contributed by atoms with Gasteiger partial charge in [-0.15, -0.1) is 0 Å². The normalized spacial score (nSPS) is 25.3. The summed E-state index contributed by atoms with van der Waals surface area (Å²) in [5.74, 6) is -7.41. The van der Waals surface area contributed by atoms with Gasteiger partial charge in [-0.3, -0.25) is 47.9 Å². The van der Waals surface area contributed by atoms with Crippen LogP contribution in [0.2, 0.25) is 0 Å². The summed E-state index contributed by atoms with van der Waals surface area (Å²) in [4.78, 5) is 149. The molecule has 22 heteroatoms. The third-order valence-corrected chi connectivity index (χ3v) is 18.5. The van der Waals surface area contributed by atoms with Crippen LogP contribution in [0.15, 0.2) is 84.9 Å². The number of nitrogens with one attached hydrogen (secondary N) is 8. The molecule has 3 saturated heterocycles. The molecule has 0 aliphatic carbocycles. The van der Waals surface area contributed by atoms with E-state index in [9.17, 15) is 38.4 Å². The minimum absolute atomic E-state index is 0.0116. The molecule has 3 fully saturated rings. The maximum Gasteiger partial charge on any atom is 0.246 e. The van der Waals surface area contributed by atoms with Gasteiger partial charge < -0.3 is 63.8 Å². The van der Waals surface area contributed by atoms with Crippen LogP contribution in [0.1, 0.15) is 144 Å². The number of hydrogen-bond acceptors (Lipinski definition) is 12. The Bertz CT molecular complexity index is 3070. The van der Waals surface area contributed by atoms with Crippen LogP contribution < -0.4 is 54.0 Å². The lowest BCUT2D eigenvalue weighted by molar-refractivity contribution is -0.142. The Balaban J connectivity index is 1.22. The van der Waals surface area contributed by atoms with E-state index in [1.807, 2.05) is 140 Å². The fraction of sp³-hybridized carbons (Fsp3) is 0.583. The molecule has 0 bridgehead atoms. The van der Waals surface area contributed by atoms with Gasteiger partial charge in [-0.25, -0.2) is 0 Å². The van der Waals surface area contributed by atoms with Crippen molar-refractivity contribution in [1.29, 1.82) is 0 Å². The van der Waals surface area contributed by atoms with Crippen molar-refractivity contribution in [3.05, 3.63) is 96.1 Å². The van der Waals surface area contributed by atoms with E-state index in [4.69, 9.17) is 11.5 Å². The highest BCUT2D eigenvalue weighted by atomic mass is 16.2. The first-order valence-corrected chi connectivity index (χ1v) is 34.2. The highest BCUT2D eigenvalue weighted by Gasteiger charge is 2.42. The second-order valence-electron chi connectivity index (χ2n) is 27.6. The number of rotatable bonds is 16. The fourth-order valence-corrected chi connectivity index (χ4v) is 13.4. The third-order valence-electron chi connectivity index (χ3n) is 18.5. The number of amides is 10. The molecule has 10 atom stereocenters.